The molecule has 3 heteroatoms. The van der Waals surface area contributed by atoms with E-state index in [0.717, 1.165) is 36.0 Å². The van der Waals surface area contributed by atoms with E-state index in [1.807, 2.05) is 71.9 Å². The van der Waals surface area contributed by atoms with E-state index < -0.39 is 5.60 Å². The van der Waals surface area contributed by atoms with E-state index in [-0.39, 0.29) is 11.4 Å². The molecule has 0 fully saturated rings. The van der Waals surface area contributed by atoms with Gasteiger partial charge in [-0.1, -0.05) is 125 Å². The minimum Gasteiger partial charge on any atom is -0.390 e. The minimum absolute atomic E-state index is 0.154. The smallest absolute Gasteiger partial charge is 0.158 e. The highest BCUT2D eigenvalue weighted by atomic mass is 16.5. The van der Waals surface area contributed by atoms with Gasteiger partial charge in [0, 0.05) is 13.5 Å². The van der Waals surface area contributed by atoms with Crippen molar-refractivity contribution in [3.8, 4) is 0 Å². The van der Waals surface area contributed by atoms with E-state index in [0.29, 0.717) is 12.8 Å². The van der Waals surface area contributed by atoms with Crippen LogP contribution in [-0.2, 0) is 9.53 Å². The van der Waals surface area contributed by atoms with Gasteiger partial charge in [-0.15, -0.1) is 0 Å². The van der Waals surface area contributed by atoms with Gasteiger partial charge < -0.3 is 9.84 Å². The molecule has 1 N–H and O–H groups in total. The molecule has 0 rings (SSSR count). The lowest BCUT2D eigenvalue weighted by Gasteiger charge is -2.22. The lowest BCUT2D eigenvalue weighted by molar-refractivity contribution is -0.116. The molecule has 0 aliphatic carbocycles. The molecule has 0 spiro atoms. The van der Waals surface area contributed by atoms with E-state index in [1.165, 1.54) is 16.7 Å². The van der Waals surface area contributed by atoms with E-state index >= 15 is 0 Å². The maximum Gasteiger partial charge on any atom is 0.158 e. The molecule has 0 unspecified atom stereocenters. The average Bonchev–Trinajstić information content (AvgIpc) is 2.93. The summed E-state index contributed by atoms with van der Waals surface area (Å²) in [6, 6.07) is 0. The van der Waals surface area contributed by atoms with Gasteiger partial charge in [-0.3, -0.25) is 4.79 Å². The summed E-state index contributed by atoms with van der Waals surface area (Å²) in [7, 11) is 1.68. The van der Waals surface area contributed by atoms with Gasteiger partial charge in [0.15, 0.2) is 5.78 Å². The molecule has 0 saturated heterocycles. The Labute approximate surface area is 270 Å². The fourth-order valence-corrected chi connectivity index (χ4v) is 3.74. The van der Waals surface area contributed by atoms with Crippen molar-refractivity contribution in [1.29, 1.82) is 0 Å². The zero-order chi connectivity index (χ0) is 33.6. The highest BCUT2D eigenvalue weighted by molar-refractivity contribution is 5.95. The van der Waals surface area contributed by atoms with Crippen LogP contribution in [0.25, 0.3) is 0 Å². The molecular formula is C41H60O3. The second-order valence-electron chi connectivity index (χ2n) is 12.9. The molecule has 0 aromatic heterocycles. The van der Waals surface area contributed by atoms with E-state index in [2.05, 4.69) is 94.5 Å². The number of Topliss-reactive ketones (excluding diaryl/α,β-unsaturated/α-hetero) is 1. The summed E-state index contributed by atoms with van der Waals surface area (Å²) in [6.45, 7) is 20.0. The number of ether oxygens (including phenoxy) is 1. The Kier molecular flexibility index (Phi) is 20.6. The second-order valence-corrected chi connectivity index (χ2v) is 12.9. The third-order valence-electron chi connectivity index (χ3n) is 7.02. The van der Waals surface area contributed by atoms with Gasteiger partial charge >= 0.3 is 0 Å². The van der Waals surface area contributed by atoms with Crippen molar-refractivity contribution in [1.82, 2.24) is 0 Å². The van der Waals surface area contributed by atoms with E-state index in [1.54, 1.807) is 7.11 Å². The summed E-state index contributed by atoms with van der Waals surface area (Å²) >= 11 is 0. The Morgan fingerprint density at radius 3 is 1.43 bits per heavy atom. The van der Waals surface area contributed by atoms with Gasteiger partial charge in [0.05, 0.1) is 11.2 Å². The lowest BCUT2D eigenvalue weighted by atomic mass is 9.98. The molecule has 0 aromatic carbocycles. The van der Waals surface area contributed by atoms with Crippen LogP contribution in [0.1, 0.15) is 101 Å². The van der Waals surface area contributed by atoms with Crippen LogP contribution in [0.4, 0.5) is 0 Å². The van der Waals surface area contributed by atoms with Crippen molar-refractivity contribution in [2.75, 3.05) is 7.11 Å². The maximum absolute atomic E-state index is 12.3. The summed E-state index contributed by atoms with van der Waals surface area (Å²) in [5.41, 5.74) is 5.85. The van der Waals surface area contributed by atoms with Crippen LogP contribution in [0.3, 0.4) is 0 Å². The van der Waals surface area contributed by atoms with Crippen molar-refractivity contribution in [3.05, 3.63) is 131 Å². The van der Waals surface area contributed by atoms with Crippen LogP contribution in [0, 0.1) is 0 Å². The summed E-state index contributed by atoms with van der Waals surface area (Å²) in [6.07, 6.45) is 36.9. The lowest BCUT2D eigenvalue weighted by Crippen LogP contribution is -2.23. The topological polar surface area (TPSA) is 46.5 Å². The van der Waals surface area contributed by atoms with Gasteiger partial charge in [-0.25, -0.2) is 0 Å². The standard InChI is InChI=1S/C41H60O3/c1-33(21-14-23-35(3)24-16-26-37(5)28-18-31-40(7,8)43)19-12-13-20-34(2)22-15-25-36(4)27-17-29-38(6)39(42)30-32-41(9,10)44-11/h12-17,19-27,29,43H,18,28,30-32H2,1-11H3/b13-12+,21-14+,22-15+,24-16+,27-17+,33-19+,34-20+,35-23+,36-25+,37-26+,38-29+. The van der Waals surface area contributed by atoms with Crippen molar-refractivity contribution >= 4 is 5.78 Å². The molecule has 3 nitrogen and oxygen atoms in total. The number of methoxy groups -OCH3 is 1. The molecule has 0 atom stereocenters. The second kappa shape index (κ2) is 22.3. The van der Waals surface area contributed by atoms with Crippen molar-refractivity contribution in [3.63, 3.8) is 0 Å². The van der Waals surface area contributed by atoms with Crippen LogP contribution in [0.15, 0.2) is 131 Å². The number of hydrogen-bond acceptors (Lipinski definition) is 3. The molecule has 0 bridgehead atoms. The number of rotatable bonds is 19. The molecule has 44 heavy (non-hydrogen) atoms. The molecule has 0 heterocycles. The highest BCUT2D eigenvalue weighted by Crippen LogP contribution is 2.17. The van der Waals surface area contributed by atoms with Crippen LogP contribution in [0.2, 0.25) is 0 Å². The monoisotopic (exact) mass is 600 g/mol. The van der Waals surface area contributed by atoms with Crippen molar-refractivity contribution in [2.24, 2.45) is 0 Å². The first kappa shape index (κ1) is 40.7. The van der Waals surface area contributed by atoms with Gasteiger partial charge in [0.25, 0.3) is 0 Å². The first-order chi connectivity index (χ1) is 20.5. The maximum atomic E-state index is 12.3. The fraction of sp³-hybridized carbons (Fsp3) is 0.439. The third kappa shape index (κ3) is 24.2. The minimum atomic E-state index is -0.584. The molecule has 0 radical (unpaired) electrons. The third-order valence-corrected chi connectivity index (χ3v) is 7.02. The number of carbonyl (C=O) groups is 1. The predicted octanol–water partition coefficient (Wildman–Crippen LogP) is 11.2. The summed E-state index contributed by atoms with van der Waals surface area (Å²) < 4.78 is 5.40. The number of hydrogen-bond donors (Lipinski definition) is 1. The number of aliphatic hydroxyl groups is 1. The summed E-state index contributed by atoms with van der Waals surface area (Å²) in [4.78, 5) is 12.3. The molecule has 0 aliphatic rings. The molecule has 0 amide bonds. The molecule has 242 valence electrons. The normalized spacial score (nSPS) is 15.8. The van der Waals surface area contributed by atoms with Crippen LogP contribution in [-0.4, -0.2) is 29.2 Å². The highest BCUT2D eigenvalue weighted by Gasteiger charge is 2.18. The first-order valence-electron chi connectivity index (χ1n) is 15.8. The predicted molar refractivity (Wildman–Crippen MR) is 194 cm³/mol. The SMILES string of the molecule is COC(C)(C)CCC(=O)/C(C)=C/C=C/C(C)=C/C=C/C(C)=C/C=C/C=C(C)/C=C/C=C(C)/C=C/C=C(\C)CCCC(C)(C)O. The Morgan fingerprint density at radius 1 is 0.591 bits per heavy atom. The van der Waals surface area contributed by atoms with Crippen LogP contribution < -0.4 is 0 Å². The largest absolute Gasteiger partial charge is 0.390 e. The average molecular weight is 601 g/mol. The zero-order valence-electron chi connectivity index (χ0n) is 29.5. The van der Waals surface area contributed by atoms with Gasteiger partial charge in [-0.05, 0) is 100 Å². The summed E-state index contributed by atoms with van der Waals surface area (Å²) in [5, 5.41) is 9.82. The molecule has 0 saturated carbocycles. The Hall–Kier alpha value is -3.27. The number of allylic oxidation sites excluding steroid dienone is 22. The molecule has 0 aromatic rings. The van der Waals surface area contributed by atoms with Crippen LogP contribution in [0.5, 0.6) is 0 Å². The van der Waals surface area contributed by atoms with Crippen molar-refractivity contribution in [2.45, 2.75) is 113 Å². The summed E-state index contributed by atoms with van der Waals surface area (Å²) in [5.74, 6) is 0.154. The molecular weight excluding hydrogens is 540 g/mol. The Bertz CT molecular complexity index is 1220. The van der Waals surface area contributed by atoms with Gasteiger partial charge in [0.2, 0.25) is 0 Å². The zero-order valence-corrected chi connectivity index (χ0v) is 29.5. The number of ketones is 1. The van der Waals surface area contributed by atoms with Crippen molar-refractivity contribution < 1.29 is 14.6 Å². The van der Waals surface area contributed by atoms with E-state index in [4.69, 9.17) is 4.74 Å². The van der Waals surface area contributed by atoms with E-state index in [9.17, 15) is 9.90 Å². The van der Waals surface area contributed by atoms with Crippen LogP contribution >= 0.6 is 0 Å². The number of carbonyl (C=O) groups excluding carboxylic acids is 1. The Balaban J connectivity index is 4.77. The first-order valence-corrected chi connectivity index (χ1v) is 15.8. The quantitative estimate of drug-likeness (QED) is 0.118. The fourth-order valence-electron chi connectivity index (χ4n) is 3.74. The van der Waals surface area contributed by atoms with Gasteiger partial charge in [-0.2, -0.15) is 0 Å². The Morgan fingerprint density at radius 2 is 1.00 bits per heavy atom. The van der Waals surface area contributed by atoms with Gasteiger partial charge in [0.1, 0.15) is 0 Å². The molecule has 0 aliphatic heterocycles.